The van der Waals surface area contributed by atoms with Crippen LogP contribution < -0.4 is 4.74 Å². The Morgan fingerprint density at radius 2 is 1.64 bits per heavy atom. The van der Waals surface area contributed by atoms with Crippen molar-refractivity contribution in [3.05, 3.63) is 70.8 Å². The van der Waals surface area contributed by atoms with E-state index in [4.69, 9.17) is 4.74 Å². The molecule has 2 rings (SSSR count). The van der Waals surface area contributed by atoms with E-state index in [1.807, 2.05) is 6.07 Å². The van der Waals surface area contributed by atoms with Crippen LogP contribution in [0.1, 0.15) is 42.3 Å². The molecule has 0 heterocycles. The number of ether oxygens (including phenoxy) is 2. The first-order chi connectivity index (χ1) is 13.2. The monoisotopic (exact) mass is 377 g/mol. The van der Waals surface area contributed by atoms with Gasteiger partial charge >= 0.3 is 5.97 Å². The highest BCUT2D eigenvalue weighted by Gasteiger charge is 2.24. The molecule has 2 aromatic rings. The van der Waals surface area contributed by atoms with Gasteiger partial charge in [-0.25, -0.2) is 4.79 Å². The van der Waals surface area contributed by atoms with Gasteiger partial charge in [-0.2, -0.15) is 5.26 Å². The van der Waals surface area contributed by atoms with E-state index in [9.17, 15) is 14.9 Å². The molecule has 0 bridgehead atoms. The lowest BCUT2D eigenvalue weighted by atomic mass is 9.86. The lowest BCUT2D eigenvalue weighted by Crippen LogP contribution is -2.21. The molecule has 2 aromatic carbocycles. The molecule has 0 saturated carbocycles. The van der Waals surface area contributed by atoms with Gasteiger partial charge in [0.25, 0.3) is 0 Å². The number of nitriles is 1. The quantitative estimate of drug-likeness (QED) is 0.418. The SMILES string of the molecule is COC(=O)c1ccc(COc2ccc(C=C(C#N)C(=O)C(C)(C)C)cc2)cc1. The third-order valence-corrected chi connectivity index (χ3v) is 4.02. The van der Waals surface area contributed by atoms with Gasteiger partial charge in [0.15, 0.2) is 5.78 Å². The molecule has 0 radical (unpaired) electrons. The predicted molar refractivity (Wildman–Crippen MR) is 107 cm³/mol. The second-order valence-electron chi connectivity index (χ2n) is 7.30. The number of allylic oxidation sites excluding steroid dienone is 1. The summed E-state index contributed by atoms with van der Waals surface area (Å²) in [7, 11) is 1.34. The van der Waals surface area contributed by atoms with Gasteiger partial charge in [0, 0.05) is 5.41 Å². The van der Waals surface area contributed by atoms with Gasteiger partial charge in [-0.1, -0.05) is 45.0 Å². The highest BCUT2D eigenvalue weighted by molar-refractivity contribution is 6.06. The van der Waals surface area contributed by atoms with Crippen LogP contribution in [0.3, 0.4) is 0 Å². The minimum Gasteiger partial charge on any atom is -0.489 e. The van der Waals surface area contributed by atoms with Crippen LogP contribution in [0.2, 0.25) is 0 Å². The van der Waals surface area contributed by atoms with Crippen LogP contribution >= 0.6 is 0 Å². The fourth-order valence-electron chi connectivity index (χ4n) is 2.40. The van der Waals surface area contributed by atoms with Crippen molar-refractivity contribution in [3.8, 4) is 11.8 Å². The van der Waals surface area contributed by atoms with E-state index in [0.29, 0.717) is 17.9 Å². The zero-order chi connectivity index (χ0) is 20.7. The van der Waals surface area contributed by atoms with Crippen LogP contribution in [0.15, 0.2) is 54.1 Å². The van der Waals surface area contributed by atoms with Gasteiger partial charge in [0.05, 0.1) is 18.2 Å². The molecule has 0 unspecified atom stereocenters. The maximum atomic E-state index is 12.3. The number of ketones is 1. The average molecular weight is 377 g/mol. The van der Waals surface area contributed by atoms with Gasteiger partial charge < -0.3 is 9.47 Å². The highest BCUT2D eigenvalue weighted by atomic mass is 16.5. The molecule has 5 heteroatoms. The number of carbonyl (C=O) groups excluding carboxylic acids is 2. The lowest BCUT2D eigenvalue weighted by Gasteiger charge is -2.15. The topological polar surface area (TPSA) is 76.4 Å². The summed E-state index contributed by atoms with van der Waals surface area (Å²) in [5, 5.41) is 9.26. The second kappa shape index (κ2) is 9.01. The van der Waals surface area contributed by atoms with Crippen molar-refractivity contribution >= 4 is 17.8 Å². The van der Waals surface area contributed by atoms with Crippen molar-refractivity contribution in [2.75, 3.05) is 7.11 Å². The smallest absolute Gasteiger partial charge is 0.337 e. The van der Waals surface area contributed by atoms with Crippen molar-refractivity contribution < 1.29 is 19.1 Å². The minimum absolute atomic E-state index is 0.131. The Kier molecular flexibility index (Phi) is 6.73. The number of hydrogen-bond donors (Lipinski definition) is 0. The van der Waals surface area contributed by atoms with E-state index in [1.54, 1.807) is 75.4 Å². The molecule has 0 aliphatic rings. The fraction of sp³-hybridized carbons (Fsp3) is 0.261. The molecule has 0 N–H and O–H groups in total. The van der Waals surface area contributed by atoms with Gasteiger partial charge in [-0.05, 0) is 41.5 Å². The van der Waals surface area contributed by atoms with Gasteiger partial charge in [0.1, 0.15) is 18.4 Å². The summed E-state index contributed by atoms with van der Waals surface area (Å²) in [6, 6.07) is 16.1. The number of nitrogens with zero attached hydrogens (tertiary/aromatic N) is 1. The van der Waals surface area contributed by atoms with Crippen molar-refractivity contribution in [1.82, 2.24) is 0 Å². The Bertz CT molecular complexity index is 911. The van der Waals surface area contributed by atoms with Crippen molar-refractivity contribution in [2.45, 2.75) is 27.4 Å². The summed E-state index contributed by atoms with van der Waals surface area (Å²) in [6.07, 6.45) is 1.59. The Morgan fingerprint density at radius 1 is 1.04 bits per heavy atom. The summed E-state index contributed by atoms with van der Waals surface area (Å²) < 4.78 is 10.4. The summed E-state index contributed by atoms with van der Waals surface area (Å²) in [5.74, 6) is 0.0957. The molecular weight excluding hydrogens is 354 g/mol. The number of carbonyl (C=O) groups is 2. The molecule has 0 saturated heterocycles. The molecule has 0 amide bonds. The van der Waals surface area contributed by atoms with Crippen LogP contribution in [-0.4, -0.2) is 18.9 Å². The molecule has 0 atom stereocenters. The van der Waals surface area contributed by atoms with Gasteiger partial charge in [-0.15, -0.1) is 0 Å². The number of Topliss-reactive ketones (excluding diaryl/α,β-unsaturated/α-hetero) is 1. The predicted octanol–water partition coefficient (Wildman–Crippen LogP) is 4.57. The normalized spacial score (nSPS) is 11.5. The first-order valence-corrected chi connectivity index (χ1v) is 8.81. The van der Waals surface area contributed by atoms with E-state index < -0.39 is 5.41 Å². The summed E-state index contributed by atoms with van der Waals surface area (Å²) in [5.41, 5.74) is 1.68. The number of benzene rings is 2. The molecule has 0 aliphatic carbocycles. The first kappa shape index (κ1) is 20.9. The summed E-state index contributed by atoms with van der Waals surface area (Å²) in [4.78, 5) is 23.7. The van der Waals surface area contributed by atoms with E-state index in [-0.39, 0.29) is 17.3 Å². The molecule has 0 fully saturated rings. The van der Waals surface area contributed by atoms with Gasteiger partial charge in [0.2, 0.25) is 0 Å². The fourth-order valence-corrected chi connectivity index (χ4v) is 2.40. The summed E-state index contributed by atoms with van der Waals surface area (Å²) in [6.45, 7) is 5.71. The van der Waals surface area contributed by atoms with Crippen molar-refractivity contribution in [1.29, 1.82) is 5.26 Å². The Labute approximate surface area is 165 Å². The maximum Gasteiger partial charge on any atom is 0.337 e. The maximum absolute atomic E-state index is 12.3. The average Bonchev–Trinajstić information content (AvgIpc) is 2.70. The van der Waals surface area contributed by atoms with E-state index >= 15 is 0 Å². The largest absolute Gasteiger partial charge is 0.489 e. The van der Waals surface area contributed by atoms with Gasteiger partial charge in [-0.3, -0.25) is 4.79 Å². The zero-order valence-corrected chi connectivity index (χ0v) is 16.5. The Morgan fingerprint density at radius 3 is 2.14 bits per heavy atom. The van der Waals surface area contributed by atoms with Crippen LogP contribution in [0.25, 0.3) is 6.08 Å². The molecule has 28 heavy (non-hydrogen) atoms. The van der Waals surface area contributed by atoms with Crippen LogP contribution in [0.4, 0.5) is 0 Å². The minimum atomic E-state index is -0.603. The first-order valence-electron chi connectivity index (χ1n) is 8.81. The molecule has 0 aliphatic heterocycles. The highest BCUT2D eigenvalue weighted by Crippen LogP contribution is 2.22. The number of hydrogen-bond acceptors (Lipinski definition) is 5. The molecule has 5 nitrogen and oxygen atoms in total. The Balaban J connectivity index is 2.03. The third kappa shape index (κ3) is 5.55. The van der Waals surface area contributed by atoms with Crippen LogP contribution in [0.5, 0.6) is 5.75 Å². The van der Waals surface area contributed by atoms with Crippen molar-refractivity contribution in [2.24, 2.45) is 5.41 Å². The molecular formula is C23H23NO4. The number of rotatable bonds is 6. The second-order valence-corrected chi connectivity index (χ2v) is 7.30. The van der Waals surface area contributed by atoms with Crippen LogP contribution in [0, 0.1) is 16.7 Å². The van der Waals surface area contributed by atoms with Crippen molar-refractivity contribution in [3.63, 3.8) is 0 Å². The van der Waals surface area contributed by atoms with E-state index in [2.05, 4.69) is 4.74 Å². The lowest BCUT2D eigenvalue weighted by molar-refractivity contribution is -0.121. The van der Waals surface area contributed by atoms with E-state index in [0.717, 1.165) is 11.1 Å². The summed E-state index contributed by atoms with van der Waals surface area (Å²) >= 11 is 0. The number of esters is 1. The molecule has 0 spiro atoms. The van der Waals surface area contributed by atoms with E-state index in [1.165, 1.54) is 7.11 Å². The van der Waals surface area contributed by atoms with Crippen LogP contribution in [-0.2, 0) is 16.1 Å². The molecule has 0 aromatic heterocycles. The third-order valence-electron chi connectivity index (χ3n) is 4.02. The standard InChI is InChI=1S/C23H23NO4/c1-23(2,3)21(25)19(14-24)13-16-7-11-20(12-8-16)28-15-17-5-9-18(10-6-17)22(26)27-4/h5-13H,15H2,1-4H3. The zero-order valence-electron chi connectivity index (χ0n) is 16.5. The molecule has 144 valence electrons. The number of methoxy groups -OCH3 is 1. The Hall–Kier alpha value is -3.39.